The Morgan fingerprint density at radius 3 is 2.28 bits per heavy atom. The molecule has 0 bridgehead atoms. The summed E-state index contributed by atoms with van der Waals surface area (Å²) in [6.45, 7) is 0.0959. The highest BCUT2D eigenvalue weighted by Crippen LogP contribution is 2.29. The van der Waals surface area contributed by atoms with Gasteiger partial charge in [-0.05, 0) is 52.7 Å². The number of aliphatic carboxylic acids is 1. The minimum absolute atomic E-state index is 0.0182. The van der Waals surface area contributed by atoms with Crippen LogP contribution < -0.4 is 10.6 Å². The summed E-state index contributed by atoms with van der Waals surface area (Å²) < 4.78 is 39.0. The Morgan fingerprint density at radius 2 is 1.59 bits per heavy atom. The molecule has 0 saturated carbocycles. The average molecular weight is 556 g/mol. The summed E-state index contributed by atoms with van der Waals surface area (Å²) in [5, 5.41) is 16.1. The number of fused-ring (bicyclic) bond motifs is 1. The van der Waals surface area contributed by atoms with E-state index in [-0.39, 0.29) is 26.1 Å². The van der Waals surface area contributed by atoms with Gasteiger partial charge in [-0.2, -0.15) is 13.2 Å². The molecule has 0 radical (unpaired) electrons. The fourth-order valence-corrected chi connectivity index (χ4v) is 4.77. The summed E-state index contributed by atoms with van der Waals surface area (Å²) in [6, 6.07) is 20.5. The van der Waals surface area contributed by atoms with Crippen molar-refractivity contribution in [1.29, 1.82) is 0 Å². The van der Waals surface area contributed by atoms with Crippen molar-refractivity contribution in [2.24, 2.45) is 0 Å². The number of carboxylic acids is 1. The van der Waals surface area contributed by atoms with Crippen molar-refractivity contribution in [3.05, 3.63) is 99.7 Å². The molecule has 0 aliphatic carbocycles. The second-order valence-electron chi connectivity index (χ2n) is 8.71. The van der Waals surface area contributed by atoms with E-state index in [9.17, 15) is 27.6 Å². The molecule has 202 valence electrons. The largest absolute Gasteiger partial charge is 0.481 e. The Hall–Kier alpha value is -4.38. The normalized spacial score (nSPS) is 11.3. The van der Waals surface area contributed by atoms with Gasteiger partial charge in [0, 0.05) is 23.7 Å². The molecular formula is C28H24F3N3O4S. The molecule has 0 atom stereocenters. The van der Waals surface area contributed by atoms with E-state index in [2.05, 4.69) is 10.6 Å². The lowest BCUT2D eigenvalue weighted by Gasteiger charge is -2.23. The molecular weight excluding hydrogens is 531 g/mol. The van der Waals surface area contributed by atoms with Crippen LogP contribution in [0.5, 0.6) is 0 Å². The van der Waals surface area contributed by atoms with E-state index >= 15 is 0 Å². The zero-order valence-corrected chi connectivity index (χ0v) is 21.3. The molecule has 0 fully saturated rings. The number of nitrogens with one attached hydrogen (secondary N) is 2. The molecule has 7 nitrogen and oxygen atoms in total. The number of halogens is 3. The van der Waals surface area contributed by atoms with Gasteiger partial charge in [0.1, 0.15) is 0 Å². The van der Waals surface area contributed by atoms with Crippen molar-refractivity contribution in [1.82, 2.24) is 10.2 Å². The van der Waals surface area contributed by atoms with Crippen molar-refractivity contribution in [2.75, 3.05) is 11.9 Å². The van der Waals surface area contributed by atoms with Gasteiger partial charge in [0.25, 0.3) is 5.91 Å². The molecule has 11 heteroatoms. The SMILES string of the molecule is O=C(O)CCNC(=O)c1ccc(CN(Cc2ccc(C(F)(F)F)cc2)C(=O)Nc2ccc3ccccc3c2)s1. The third kappa shape index (κ3) is 7.57. The Morgan fingerprint density at radius 1 is 0.872 bits per heavy atom. The average Bonchev–Trinajstić information content (AvgIpc) is 3.36. The van der Waals surface area contributed by atoms with Gasteiger partial charge in [-0.15, -0.1) is 11.3 Å². The molecule has 39 heavy (non-hydrogen) atoms. The van der Waals surface area contributed by atoms with Gasteiger partial charge in [0.05, 0.1) is 23.4 Å². The van der Waals surface area contributed by atoms with Crippen LogP contribution in [0.25, 0.3) is 10.8 Å². The van der Waals surface area contributed by atoms with Crippen LogP contribution in [0.4, 0.5) is 23.7 Å². The van der Waals surface area contributed by atoms with Gasteiger partial charge in [0.2, 0.25) is 0 Å². The van der Waals surface area contributed by atoms with Gasteiger partial charge in [-0.3, -0.25) is 9.59 Å². The van der Waals surface area contributed by atoms with E-state index in [1.54, 1.807) is 18.2 Å². The number of thiophene rings is 1. The number of carbonyl (C=O) groups is 3. The van der Waals surface area contributed by atoms with Gasteiger partial charge in [-0.1, -0.05) is 42.5 Å². The number of alkyl halides is 3. The van der Waals surface area contributed by atoms with Gasteiger partial charge in [-0.25, -0.2) is 4.79 Å². The first-order valence-electron chi connectivity index (χ1n) is 11.9. The molecule has 3 amide bonds. The Kier molecular flexibility index (Phi) is 8.50. The topological polar surface area (TPSA) is 98.7 Å². The number of carboxylic acid groups (broad SMARTS) is 1. The Labute approximate surface area is 225 Å². The van der Waals surface area contributed by atoms with Crippen molar-refractivity contribution >= 4 is 45.7 Å². The first-order valence-corrected chi connectivity index (χ1v) is 12.7. The fourth-order valence-electron chi connectivity index (χ4n) is 3.83. The zero-order valence-electron chi connectivity index (χ0n) is 20.5. The standard InChI is InChI=1S/C28H24F3N3O4S/c29-28(30,31)21-8-5-18(6-9-21)16-34(17-23-11-12-24(39-23)26(37)32-14-13-25(35)36)27(38)33-22-10-7-19-3-1-2-4-20(19)15-22/h1-12,15H,13-14,16-17H2,(H,32,37)(H,33,38)(H,35,36). The minimum atomic E-state index is -4.47. The molecule has 0 spiro atoms. The number of amides is 3. The highest BCUT2D eigenvalue weighted by molar-refractivity contribution is 7.14. The van der Waals surface area contributed by atoms with Crippen LogP contribution in [0.2, 0.25) is 0 Å². The van der Waals surface area contributed by atoms with Gasteiger partial charge >= 0.3 is 18.2 Å². The molecule has 1 heterocycles. The van der Waals surface area contributed by atoms with Crippen molar-refractivity contribution in [2.45, 2.75) is 25.7 Å². The fraction of sp³-hybridized carbons (Fsp3) is 0.179. The number of hydrogen-bond donors (Lipinski definition) is 3. The predicted molar refractivity (Wildman–Crippen MR) is 143 cm³/mol. The highest BCUT2D eigenvalue weighted by Gasteiger charge is 2.30. The van der Waals surface area contributed by atoms with E-state index in [0.29, 0.717) is 21.0 Å². The molecule has 0 aliphatic rings. The Balaban J connectivity index is 1.52. The van der Waals surface area contributed by atoms with Crippen LogP contribution >= 0.6 is 11.3 Å². The van der Waals surface area contributed by atoms with Crippen molar-refractivity contribution in [3.8, 4) is 0 Å². The third-order valence-corrected chi connectivity index (χ3v) is 6.87. The molecule has 0 aliphatic heterocycles. The lowest BCUT2D eigenvalue weighted by Crippen LogP contribution is -2.33. The monoisotopic (exact) mass is 555 g/mol. The lowest BCUT2D eigenvalue weighted by molar-refractivity contribution is -0.138. The molecule has 4 rings (SSSR count). The van der Waals surface area contributed by atoms with Crippen molar-refractivity contribution < 1.29 is 32.7 Å². The van der Waals surface area contributed by atoms with Crippen LogP contribution in [0.1, 0.15) is 32.1 Å². The first-order chi connectivity index (χ1) is 18.6. The van der Waals surface area contributed by atoms with Crippen LogP contribution in [0, 0.1) is 0 Å². The molecule has 3 N–H and O–H groups in total. The quantitative estimate of drug-likeness (QED) is 0.224. The van der Waals surface area contributed by atoms with E-state index in [0.717, 1.165) is 34.2 Å². The molecule has 4 aromatic rings. The first kappa shape index (κ1) is 27.6. The smallest absolute Gasteiger partial charge is 0.416 e. The number of urea groups is 1. The summed E-state index contributed by atoms with van der Waals surface area (Å²) in [5.74, 6) is -1.46. The summed E-state index contributed by atoms with van der Waals surface area (Å²) in [5.41, 5.74) is 0.274. The van der Waals surface area contributed by atoms with Crippen LogP contribution in [0.3, 0.4) is 0 Å². The molecule has 0 unspecified atom stereocenters. The maximum absolute atomic E-state index is 13.3. The maximum Gasteiger partial charge on any atom is 0.416 e. The Bertz CT molecular complexity index is 1490. The maximum atomic E-state index is 13.3. The zero-order chi connectivity index (χ0) is 28.0. The molecule has 3 aromatic carbocycles. The summed E-state index contributed by atoms with van der Waals surface area (Å²) in [6.07, 6.45) is -4.68. The number of hydrogen-bond acceptors (Lipinski definition) is 4. The summed E-state index contributed by atoms with van der Waals surface area (Å²) in [7, 11) is 0. The number of anilines is 1. The van der Waals surface area contributed by atoms with E-state index in [1.165, 1.54) is 17.0 Å². The molecule has 1 aromatic heterocycles. The summed E-state index contributed by atoms with van der Waals surface area (Å²) in [4.78, 5) is 38.8. The van der Waals surface area contributed by atoms with Crippen LogP contribution in [-0.4, -0.2) is 34.5 Å². The van der Waals surface area contributed by atoms with E-state index < -0.39 is 29.6 Å². The summed E-state index contributed by atoms with van der Waals surface area (Å²) >= 11 is 1.14. The number of carbonyl (C=O) groups excluding carboxylic acids is 2. The molecule has 0 saturated heterocycles. The van der Waals surface area contributed by atoms with Crippen LogP contribution in [0.15, 0.2) is 78.9 Å². The van der Waals surface area contributed by atoms with Gasteiger partial charge in [0.15, 0.2) is 0 Å². The number of nitrogens with zero attached hydrogens (tertiary/aromatic N) is 1. The number of benzene rings is 3. The van der Waals surface area contributed by atoms with Crippen molar-refractivity contribution in [3.63, 3.8) is 0 Å². The van der Waals surface area contributed by atoms with E-state index in [4.69, 9.17) is 5.11 Å². The highest BCUT2D eigenvalue weighted by atomic mass is 32.1. The van der Waals surface area contributed by atoms with Gasteiger partial charge < -0.3 is 20.6 Å². The third-order valence-electron chi connectivity index (χ3n) is 5.80. The van der Waals surface area contributed by atoms with Crippen LogP contribution in [-0.2, 0) is 24.1 Å². The second-order valence-corrected chi connectivity index (χ2v) is 9.88. The second kappa shape index (κ2) is 12.0. The lowest BCUT2D eigenvalue weighted by atomic mass is 10.1. The number of rotatable bonds is 9. The van der Waals surface area contributed by atoms with E-state index in [1.807, 2.05) is 36.4 Å². The minimum Gasteiger partial charge on any atom is -0.481 e. The predicted octanol–water partition coefficient (Wildman–Crippen LogP) is 6.36.